The van der Waals surface area contributed by atoms with Gasteiger partial charge in [0.05, 0.1) is 18.4 Å². The molecule has 6 heteroatoms. The number of hydrogen-bond acceptors (Lipinski definition) is 4. The molecule has 0 saturated carbocycles. The molecule has 0 fully saturated rings. The zero-order chi connectivity index (χ0) is 17.2. The molecule has 0 unspecified atom stereocenters. The predicted octanol–water partition coefficient (Wildman–Crippen LogP) is 3.00. The van der Waals surface area contributed by atoms with Crippen LogP contribution in [0.5, 0.6) is 5.88 Å². The lowest BCUT2D eigenvalue weighted by Crippen LogP contribution is -2.37. The van der Waals surface area contributed by atoms with Crippen molar-refractivity contribution >= 4 is 11.9 Å². The summed E-state index contributed by atoms with van der Waals surface area (Å²) in [5.74, 6) is 1.08. The maximum atomic E-state index is 12.9. The number of fused-ring (bicyclic) bond motifs is 1. The van der Waals surface area contributed by atoms with E-state index in [1.807, 2.05) is 41.1 Å². The van der Waals surface area contributed by atoms with Crippen LogP contribution in [0.3, 0.4) is 0 Å². The zero-order valence-electron chi connectivity index (χ0n) is 13.9. The molecule has 1 amide bonds. The largest absolute Gasteiger partial charge is 0.481 e. The van der Waals surface area contributed by atoms with Gasteiger partial charge in [-0.05, 0) is 12.5 Å². The number of hydrogen-bond donors (Lipinski definition) is 0. The van der Waals surface area contributed by atoms with Crippen LogP contribution in [0, 0.1) is 0 Å². The van der Waals surface area contributed by atoms with E-state index in [1.165, 1.54) is 0 Å². The third kappa shape index (κ3) is 2.87. The van der Waals surface area contributed by atoms with Crippen molar-refractivity contribution in [1.29, 1.82) is 0 Å². The highest BCUT2D eigenvalue weighted by Crippen LogP contribution is 2.27. The summed E-state index contributed by atoms with van der Waals surface area (Å²) in [6.07, 6.45) is 4.45. The number of imidazole rings is 1. The number of amides is 1. The number of benzene rings is 1. The summed E-state index contributed by atoms with van der Waals surface area (Å²) in [5.41, 5.74) is 2.45. The van der Waals surface area contributed by atoms with Gasteiger partial charge in [-0.1, -0.05) is 30.3 Å². The van der Waals surface area contributed by atoms with Crippen LogP contribution >= 0.6 is 0 Å². The van der Waals surface area contributed by atoms with Gasteiger partial charge in [-0.25, -0.2) is 9.97 Å². The van der Waals surface area contributed by atoms with Gasteiger partial charge in [0.15, 0.2) is 0 Å². The molecule has 0 bridgehead atoms. The van der Waals surface area contributed by atoms with Crippen LogP contribution in [0.2, 0.25) is 0 Å². The number of pyridine rings is 1. The molecule has 0 radical (unpaired) electrons. The SMILES string of the molecule is COc1ccc(C(=O)N2CCCn3cc(-c4ccccc4)nc32)cn1. The van der Waals surface area contributed by atoms with Crippen LogP contribution in [-0.4, -0.2) is 34.1 Å². The summed E-state index contributed by atoms with van der Waals surface area (Å²) in [4.78, 5) is 23.5. The number of methoxy groups -OCH3 is 1. The first kappa shape index (κ1) is 15.4. The molecule has 6 nitrogen and oxygen atoms in total. The maximum absolute atomic E-state index is 12.9. The topological polar surface area (TPSA) is 60.2 Å². The second kappa shape index (κ2) is 6.39. The fraction of sp³-hybridized carbons (Fsp3) is 0.211. The Morgan fingerprint density at radius 2 is 1.96 bits per heavy atom. The van der Waals surface area contributed by atoms with E-state index in [-0.39, 0.29) is 5.91 Å². The van der Waals surface area contributed by atoms with E-state index in [1.54, 1.807) is 30.3 Å². The molecule has 25 heavy (non-hydrogen) atoms. The highest BCUT2D eigenvalue weighted by atomic mass is 16.5. The van der Waals surface area contributed by atoms with Crippen molar-refractivity contribution in [1.82, 2.24) is 14.5 Å². The Morgan fingerprint density at radius 3 is 2.68 bits per heavy atom. The Bertz CT molecular complexity index is 888. The number of ether oxygens (including phenoxy) is 1. The second-order valence-electron chi connectivity index (χ2n) is 5.89. The van der Waals surface area contributed by atoms with Crippen molar-refractivity contribution in [3.8, 4) is 17.1 Å². The van der Waals surface area contributed by atoms with E-state index in [9.17, 15) is 4.79 Å². The summed E-state index contributed by atoms with van der Waals surface area (Å²) in [5, 5.41) is 0. The Kier molecular flexibility index (Phi) is 3.93. The number of rotatable bonds is 3. The van der Waals surface area contributed by atoms with Gasteiger partial charge in [-0.2, -0.15) is 0 Å². The van der Waals surface area contributed by atoms with E-state index < -0.39 is 0 Å². The zero-order valence-corrected chi connectivity index (χ0v) is 13.9. The standard InChI is InChI=1S/C19H18N4O2/c1-25-17-9-8-15(12-20-17)18(24)23-11-5-10-22-13-16(21-19(22)23)14-6-3-2-4-7-14/h2-4,6-9,12-13H,5,10-11H2,1H3. The van der Waals surface area contributed by atoms with Gasteiger partial charge in [0.25, 0.3) is 5.91 Å². The van der Waals surface area contributed by atoms with Crippen LogP contribution in [0.4, 0.5) is 5.95 Å². The van der Waals surface area contributed by atoms with Gasteiger partial charge in [-0.15, -0.1) is 0 Å². The van der Waals surface area contributed by atoms with Gasteiger partial charge in [0, 0.05) is 37.1 Å². The van der Waals surface area contributed by atoms with Gasteiger partial charge < -0.3 is 9.30 Å². The minimum Gasteiger partial charge on any atom is -0.481 e. The molecule has 1 aliphatic rings. The number of aromatic nitrogens is 3. The van der Waals surface area contributed by atoms with Crippen LogP contribution in [0.25, 0.3) is 11.3 Å². The molecule has 2 aromatic heterocycles. The number of carbonyl (C=O) groups excluding carboxylic acids is 1. The van der Waals surface area contributed by atoms with Gasteiger partial charge in [-0.3, -0.25) is 9.69 Å². The summed E-state index contributed by atoms with van der Waals surface area (Å²) in [6, 6.07) is 13.4. The van der Waals surface area contributed by atoms with E-state index in [2.05, 4.69) is 4.98 Å². The number of anilines is 1. The predicted molar refractivity (Wildman–Crippen MR) is 94.7 cm³/mol. The van der Waals surface area contributed by atoms with Crippen molar-refractivity contribution in [2.45, 2.75) is 13.0 Å². The molecular weight excluding hydrogens is 316 g/mol. The lowest BCUT2D eigenvalue weighted by molar-refractivity contribution is 0.0980. The minimum absolute atomic E-state index is 0.0960. The normalized spacial score (nSPS) is 13.4. The lowest BCUT2D eigenvalue weighted by atomic mass is 10.2. The Labute approximate surface area is 145 Å². The van der Waals surface area contributed by atoms with Gasteiger partial charge in [0.1, 0.15) is 0 Å². The first-order valence-electron chi connectivity index (χ1n) is 8.21. The first-order valence-corrected chi connectivity index (χ1v) is 8.21. The summed E-state index contributed by atoms with van der Waals surface area (Å²) < 4.78 is 7.09. The molecule has 4 rings (SSSR count). The van der Waals surface area contributed by atoms with E-state index in [4.69, 9.17) is 9.72 Å². The monoisotopic (exact) mass is 334 g/mol. The Hall–Kier alpha value is -3.15. The van der Waals surface area contributed by atoms with E-state index in [0.29, 0.717) is 23.9 Å². The summed E-state index contributed by atoms with van der Waals surface area (Å²) >= 11 is 0. The summed E-state index contributed by atoms with van der Waals surface area (Å²) in [7, 11) is 1.55. The van der Waals surface area contributed by atoms with Crippen LogP contribution in [-0.2, 0) is 6.54 Å². The molecule has 1 aromatic carbocycles. The number of aryl methyl sites for hydroxylation is 1. The van der Waals surface area contributed by atoms with E-state index >= 15 is 0 Å². The molecule has 3 aromatic rings. The number of nitrogens with zero attached hydrogens (tertiary/aromatic N) is 4. The van der Waals surface area contributed by atoms with Crippen LogP contribution in [0.1, 0.15) is 16.8 Å². The average Bonchev–Trinajstić information content (AvgIpc) is 3.12. The highest BCUT2D eigenvalue weighted by Gasteiger charge is 2.26. The molecule has 126 valence electrons. The highest BCUT2D eigenvalue weighted by molar-refractivity contribution is 6.05. The third-order valence-electron chi connectivity index (χ3n) is 4.28. The smallest absolute Gasteiger partial charge is 0.262 e. The van der Waals surface area contributed by atoms with Crippen molar-refractivity contribution < 1.29 is 9.53 Å². The van der Waals surface area contributed by atoms with Crippen molar-refractivity contribution in [2.75, 3.05) is 18.6 Å². The fourth-order valence-corrected chi connectivity index (χ4v) is 3.01. The average molecular weight is 334 g/mol. The molecule has 0 atom stereocenters. The van der Waals surface area contributed by atoms with Crippen LogP contribution < -0.4 is 9.64 Å². The van der Waals surface area contributed by atoms with E-state index in [0.717, 1.165) is 24.2 Å². The lowest BCUT2D eigenvalue weighted by Gasteiger charge is -2.27. The first-order chi connectivity index (χ1) is 12.3. The Balaban J connectivity index is 1.67. The molecule has 1 aliphatic heterocycles. The molecule has 0 saturated heterocycles. The number of carbonyl (C=O) groups is 1. The quantitative estimate of drug-likeness (QED) is 0.739. The molecule has 0 spiro atoms. The molecular formula is C19H18N4O2. The maximum Gasteiger partial charge on any atom is 0.262 e. The molecule has 3 heterocycles. The van der Waals surface area contributed by atoms with Crippen LogP contribution in [0.15, 0.2) is 54.9 Å². The van der Waals surface area contributed by atoms with Crippen molar-refractivity contribution in [3.63, 3.8) is 0 Å². The molecule has 0 N–H and O–H groups in total. The van der Waals surface area contributed by atoms with Gasteiger partial charge in [0.2, 0.25) is 11.8 Å². The minimum atomic E-state index is -0.0960. The van der Waals surface area contributed by atoms with Crippen molar-refractivity contribution in [2.24, 2.45) is 0 Å². The fourth-order valence-electron chi connectivity index (χ4n) is 3.01. The van der Waals surface area contributed by atoms with Gasteiger partial charge >= 0.3 is 0 Å². The Morgan fingerprint density at radius 1 is 1.12 bits per heavy atom. The second-order valence-corrected chi connectivity index (χ2v) is 5.89. The third-order valence-corrected chi connectivity index (χ3v) is 4.28. The van der Waals surface area contributed by atoms with Crippen molar-refractivity contribution in [3.05, 3.63) is 60.4 Å². The molecule has 0 aliphatic carbocycles. The summed E-state index contributed by atoms with van der Waals surface area (Å²) in [6.45, 7) is 1.51.